The van der Waals surface area contributed by atoms with Crippen molar-refractivity contribution >= 4 is 22.8 Å². The first-order valence-electron chi connectivity index (χ1n) is 6.95. The number of hydrogen-bond acceptors (Lipinski definition) is 2. The van der Waals surface area contributed by atoms with Gasteiger partial charge in [0.15, 0.2) is 5.65 Å². The molecule has 4 heteroatoms. The van der Waals surface area contributed by atoms with Gasteiger partial charge in [-0.2, -0.15) is 0 Å². The Hall–Kier alpha value is -1.09. The van der Waals surface area contributed by atoms with Gasteiger partial charge in [-0.25, -0.2) is 9.97 Å². The van der Waals surface area contributed by atoms with Crippen molar-refractivity contribution in [3.63, 3.8) is 0 Å². The van der Waals surface area contributed by atoms with Crippen molar-refractivity contribution in [1.29, 1.82) is 0 Å². The number of aryl methyl sites for hydroxylation is 1. The maximum atomic E-state index is 6.30. The zero-order chi connectivity index (χ0) is 13.6. The number of rotatable bonds is 3. The van der Waals surface area contributed by atoms with Gasteiger partial charge < -0.3 is 4.57 Å². The fourth-order valence-corrected chi connectivity index (χ4v) is 3.08. The second-order valence-corrected chi connectivity index (χ2v) is 6.85. The van der Waals surface area contributed by atoms with Gasteiger partial charge in [-0.05, 0) is 43.7 Å². The summed E-state index contributed by atoms with van der Waals surface area (Å²) in [5.74, 6) is 0.947. The summed E-state index contributed by atoms with van der Waals surface area (Å²) in [7, 11) is 0. The van der Waals surface area contributed by atoms with Crippen LogP contribution in [0.4, 0.5) is 0 Å². The second-order valence-electron chi connectivity index (χ2n) is 6.19. The van der Waals surface area contributed by atoms with Crippen molar-refractivity contribution in [1.82, 2.24) is 14.5 Å². The molecule has 1 unspecified atom stereocenters. The average Bonchev–Trinajstić information content (AvgIpc) is 2.65. The Labute approximate surface area is 119 Å². The lowest BCUT2D eigenvalue weighted by atomic mass is 9.70. The van der Waals surface area contributed by atoms with Gasteiger partial charge in [-0.1, -0.05) is 13.3 Å². The van der Waals surface area contributed by atoms with E-state index in [4.69, 9.17) is 11.6 Å². The van der Waals surface area contributed by atoms with Gasteiger partial charge in [0, 0.05) is 12.7 Å². The molecule has 0 bridgehead atoms. The molecule has 1 saturated carbocycles. The molecule has 0 N–H and O–H groups in total. The summed E-state index contributed by atoms with van der Waals surface area (Å²) in [6, 6.07) is 2.09. The Balaban J connectivity index is 2.11. The number of alkyl halides is 1. The van der Waals surface area contributed by atoms with Crippen molar-refractivity contribution in [2.45, 2.75) is 52.0 Å². The Kier molecular flexibility index (Phi) is 3.05. The third-order valence-corrected chi connectivity index (χ3v) is 4.40. The normalized spacial score (nSPS) is 19.4. The first-order chi connectivity index (χ1) is 8.98. The van der Waals surface area contributed by atoms with Crippen molar-refractivity contribution in [2.75, 3.05) is 0 Å². The number of pyridine rings is 1. The van der Waals surface area contributed by atoms with E-state index in [2.05, 4.69) is 27.5 Å². The molecule has 1 aliphatic carbocycles. The highest BCUT2D eigenvalue weighted by Crippen LogP contribution is 2.43. The Morgan fingerprint density at radius 2 is 2.21 bits per heavy atom. The smallest absolute Gasteiger partial charge is 0.160 e. The van der Waals surface area contributed by atoms with Crippen LogP contribution >= 0.6 is 11.6 Å². The molecule has 19 heavy (non-hydrogen) atoms. The summed E-state index contributed by atoms with van der Waals surface area (Å²) < 4.78 is 2.23. The van der Waals surface area contributed by atoms with Crippen molar-refractivity contribution in [2.24, 2.45) is 5.41 Å². The summed E-state index contributed by atoms with van der Waals surface area (Å²) in [6.45, 7) is 7.35. The van der Waals surface area contributed by atoms with Gasteiger partial charge >= 0.3 is 0 Å². The predicted molar refractivity (Wildman–Crippen MR) is 78.5 cm³/mol. The van der Waals surface area contributed by atoms with E-state index < -0.39 is 0 Å². The predicted octanol–water partition coefficient (Wildman–Crippen LogP) is 4.23. The van der Waals surface area contributed by atoms with Gasteiger partial charge in [-0.3, -0.25) is 0 Å². The molecule has 3 nitrogen and oxygen atoms in total. The van der Waals surface area contributed by atoms with E-state index in [1.165, 1.54) is 19.3 Å². The Morgan fingerprint density at radius 1 is 1.47 bits per heavy atom. The minimum atomic E-state index is -0.0850. The van der Waals surface area contributed by atoms with Gasteiger partial charge in [0.2, 0.25) is 0 Å². The summed E-state index contributed by atoms with van der Waals surface area (Å²) in [5, 5.41) is -0.0850. The van der Waals surface area contributed by atoms with Crippen LogP contribution in [0.5, 0.6) is 0 Å². The Bertz CT molecular complexity index is 611. The number of halogens is 1. The summed E-state index contributed by atoms with van der Waals surface area (Å²) in [6.07, 6.45) is 5.82. The minimum Gasteiger partial charge on any atom is -0.311 e. The molecule has 0 radical (unpaired) electrons. The lowest BCUT2D eigenvalue weighted by Gasteiger charge is -2.39. The number of hydrogen-bond donors (Lipinski definition) is 0. The highest BCUT2D eigenvalue weighted by Gasteiger charge is 2.33. The lowest BCUT2D eigenvalue weighted by Crippen LogP contribution is -2.31. The van der Waals surface area contributed by atoms with E-state index >= 15 is 0 Å². The van der Waals surface area contributed by atoms with Crippen molar-refractivity contribution in [3.8, 4) is 0 Å². The number of aromatic nitrogens is 3. The molecule has 0 aliphatic heterocycles. The van der Waals surface area contributed by atoms with Crippen LogP contribution in [0.25, 0.3) is 11.2 Å². The van der Waals surface area contributed by atoms with Crippen LogP contribution in [0, 0.1) is 12.3 Å². The highest BCUT2D eigenvalue weighted by atomic mass is 35.5. The summed E-state index contributed by atoms with van der Waals surface area (Å²) in [5.41, 5.74) is 3.47. The molecule has 1 atom stereocenters. The minimum absolute atomic E-state index is 0.0850. The largest absolute Gasteiger partial charge is 0.311 e. The quantitative estimate of drug-likeness (QED) is 0.786. The maximum absolute atomic E-state index is 6.30. The molecule has 102 valence electrons. The van der Waals surface area contributed by atoms with Gasteiger partial charge in [0.1, 0.15) is 11.3 Å². The maximum Gasteiger partial charge on any atom is 0.160 e. The van der Waals surface area contributed by atoms with Crippen LogP contribution in [-0.2, 0) is 6.54 Å². The molecular weight excluding hydrogens is 258 g/mol. The molecule has 3 rings (SSSR count). The van der Waals surface area contributed by atoms with E-state index in [9.17, 15) is 0 Å². The van der Waals surface area contributed by atoms with Crippen LogP contribution < -0.4 is 0 Å². The molecule has 0 aromatic carbocycles. The topological polar surface area (TPSA) is 30.7 Å². The molecule has 2 aromatic rings. The van der Waals surface area contributed by atoms with Crippen LogP contribution in [0.1, 0.15) is 49.9 Å². The molecule has 2 aromatic heterocycles. The SMILES string of the molecule is Cc1cnc2c(c1)nc(C(C)Cl)n2CC1(C)CCC1. The monoisotopic (exact) mass is 277 g/mol. The fraction of sp³-hybridized carbons (Fsp3) is 0.600. The van der Waals surface area contributed by atoms with E-state index in [1.54, 1.807) is 0 Å². The highest BCUT2D eigenvalue weighted by molar-refractivity contribution is 6.20. The lowest BCUT2D eigenvalue weighted by molar-refractivity contribution is 0.132. The zero-order valence-electron chi connectivity index (χ0n) is 11.8. The van der Waals surface area contributed by atoms with Crippen molar-refractivity contribution in [3.05, 3.63) is 23.7 Å². The standard InChI is InChI=1S/C15H20ClN3/c1-10-7-12-14(17-8-10)19(13(18-12)11(2)16)9-15(3)5-4-6-15/h7-8,11H,4-6,9H2,1-3H3. The van der Waals surface area contributed by atoms with Crippen LogP contribution in [0.2, 0.25) is 0 Å². The van der Waals surface area contributed by atoms with Gasteiger partial charge in [0.25, 0.3) is 0 Å². The molecule has 0 amide bonds. The first-order valence-corrected chi connectivity index (χ1v) is 7.39. The van der Waals surface area contributed by atoms with E-state index in [-0.39, 0.29) is 5.38 Å². The molecular formula is C15H20ClN3. The van der Waals surface area contributed by atoms with E-state index in [1.807, 2.05) is 20.0 Å². The molecule has 0 spiro atoms. The van der Waals surface area contributed by atoms with Crippen molar-refractivity contribution < 1.29 is 0 Å². The van der Waals surface area contributed by atoms with Gasteiger partial charge in [-0.15, -0.1) is 11.6 Å². The molecule has 1 aliphatic rings. The average molecular weight is 278 g/mol. The first kappa shape index (κ1) is 12.9. The van der Waals surface area contributed by atoms with E-state index in [0.717, 1.165) is 29.1 Å². The third kappa shape index (κ3) is 2.25. The summed E-state index contributed by atoms with van der Waals surface area (Å²) >= 11 is 6.30. The summed E-state index contributed by atoms with van der Waals surface area (Å²) in [4.78, 5) is 9.25. The second kappa shape index (κ2) is 4.48. The van der Waals surface area contributed by atoms with Crippen LogP contribution in [0.3, 0.4) is 0 Å². The van der Waals surface area contributed by atoms with Crippen LogP contribution in [0.15, 0.2) is 12.3 Å². The number of imidazole rings is 1. The zero-order valence-corrected chi connectivity index (χ0v) is 12.5. The molecule has 1 fully saturated rings. The molecule has 2 heterocycles. The fourth-order valence-electron chi connectivity index (χ4n) is 2.91. The number of fused-ring (bicyclic) bond motifs is 1. The number of nitrogens with zero attached hydrogens (tertiary/aromatic N) is 3. The Morgan fingerprint density at radius 3 is 2.79 bits per heavy atom. The van der Waals surface area contributed by atoms with Gasteiger partial charge in [0.05, 0.1) is 5.38 Å². The van der Waals surface area contributed by atoms with E-state index in [0.29, 0.717) is 5.41 Å². The molecule has 0 saturated heterocycles. The van der Waals surface area contributed by atoms with Crippen LogP contribution in [-0.4, -0.2) is 14.5 Å². The third-order valence-electron chi connectivity index (χ3n) is 4.21.